The molecule has 0 amide bonds. The number of anilines is 1. The van der Waals surface area contributed by atoms with Gasteiger partial charge in [-0.05, 0) is 37.3 Å². The lowest BCUT2D eigenvalue weighted by Crippen LogP contribution is -1.97. The Kier molecular flexibility index (Phi) is 3.17. The van der Waals surface area contributed by atoms with Crippen molar-refractivity contribution >= 4 is 16.6 Å². The molecule has 3 rings (SSSR count). The van der Waals surface area contributed by atoms with Crippen molar-refractivity contribution in [1.82, 2.24) is 4.98 Å². The topological polar surface area (TPSA) is 48.1 Å². The molecule has 0 aliphatic heterocycles. The van der Waals surface area contributed by atoms with Crippen LogP contribution in [-0.4, -0.2) is 4.98 Å². The number of ether oxygens (including phenoxy) is 1. The van der Waals surface area contributed by atoms with Crippen LogP contribution in [-0.2, 0) is 0 Å². The van der Waals surface area contributed by atoms with Gasteiger partial charge in [-0.15, -0.1) is 0 Å². The summed E-state index contributed by atoms with van der Waals surface area (Å²) >= 11 is 0. The van der Waals surface area contributed by atoms with Crippen LogP contribution < -0.4 is 10.5 Å². The molecule has 0 bridgehead atoms. The van der Waals surface area contributed by atoms with Crippen LogP contribution in [0, 0.1) is 18.6 Å². The van der Waals surface area contributed by atoms with Gasteiger partial charge in [0.2, 0.25) is 0 Å². The van der Waals surface area contributed by atoms with Crippen LogP contribution >= 0.6 is 0 Å². The minimum atomic E-state index is -0.957. The molecular formula is C16H12F2N2O. The van der Waals surface area contributed by atoms with Gasteiger partial charge < -0.3 is 10.5 Å². The van der Waals surface area contributed by atoms with E-state index in [4.69, 9.17) is 10.5 Å². The molecule has 0 unspecified atom stereocenters. The average Bonchev–Trinajstić information content (AvgIpc) is 2.47. The number of benzene rings is 2. The molecule has 0 spiro atoms. The summed E-state index contributed by atoms with van der Waals surface area (Å²) in [6, 6.07) is 11.2. The molecular weight excluding hydrogens is 274 g/mol. The molecule has 0 saturated heterocycles. The number of para-hydroxylation sites is 2. The molecule has 0 atom stereocenters. The number of aromatic nitrogens is 1. The third-order valence-electron chi connectivity index (χ3n) is 3.16. The van der Waals surface area contributed by atoms with Gasteiger partial charge in [0.25, 0.3) is 0 Å². The Morgan fingerprint density at radius 2 is 1.81 bits per heavy atom. The predicted octanol–water partition coefficient (Wildman–Crippen LogP) is 4.20. The van der Waals surface area contributed by atoms with Crippen molar-refractivity contribution in [3.8, 4) is 11.5 Å². The number of hydrogen-bond donors (Lipinski definition) is 1. The summed E-state index contributed by atoms with van der Waals surface area (Å²) in [5.74, 6) is -0.938. The lowest BCUT2D eigenvalue weighted by molar-refractivity contribution is 0.478. The summed E-state index contributed by atoms with van der Waals surface area (Å²) in [6.45, 7) is 1.66. The average molecular weight is 286 g/mol. The molecule has 0 saturated carbocycles. The number of nitrogen functional groups attached to an aromatic ring is 1. The van der Waals surface area contributed by atoms with Crippen molar-refractivity contribution in [3.63, 3.8) is 0 Å². The SMILES string of the molecule is Cc1nc2c(F)c(F)ccc2cc1Oc1ccccc1N. The molecule has 0 aliphatic carbocycles. The van der Waals surface area contributed by atoms with Crippen LogP contribution in [0.5, 0.6) is 11.5 Å². The Hall–Kier alpha value is -2.69. The summed E-state index contributed by atoms with van der Waals surface area (Å²) in [6.07, 6.45) is 0. The van der Waals surface area contributed by atoms with Crippen LogP contribution in [0.1, 0.15) is 5.69 Å². The summed E-state index contributed by atoms with van der Waals surface area (Å²) in [4.78, 5) is 4.08. The Labute approximate surface area is 120 Å². The van der Waals surface area contributed by atoms with Gasteiger partial charge in [-0.1, -0.05) is 12.1 Å². The first-order valence-corrected chi connectivity index (χ1v) is 6.34. The van der Waals surface area contributed by atoms with Gasteiger partial charge in [-0.25, -0.2) is 13.8 Å². The fourth-order valence-electron chi connectivity index (χ4n) is 2.05. The zero-order valence-electron chi connectivity index (χ0n) is 11.2. The van der Waals surface area contributed by atoms with Gasteiger partial charge in [-0.2, -0.15) is 0 Å². The molecule has 0 aliphatic rings. The highest BCUT2D eigenvalue weighted by atomic mass is 19.2. The van der Waals surface area contributed by atoms with Crippen molar-refractivity contribution < 1.29 is 13.5 Å². The molecule has 0 radical (unpaired) electrons. The Balaban J connectivity index is 2.10. The van der Waals surface area contributed by atoms with Gasteiger partial charge in [0.15, 0.2) is 11.6 Å². The molecule has 21 heavy (non-hydrogen) atoms. The van der Waals surface area contributed by atoms with Gasteiger partial charge in [-0.3, -0.25) is 0 Å². The van der Waals surface area contributed by atoms with Crippen molar-refractivity contribution in [2.75, 3.05) is 5.73 Å². The zero-order chi connectivity index (χ0) is 15.0. The highest BCUT2D eigenvalue weighted by Gasteiger charge is 2.12. The lowest BCUT2D eigenvalue weighted by atomic mass is 10.2. The van der Waals surface area contributed by atoms with Crippen LogP contribution in [0.2, 0.25) is 0 Å². The van der Waals surface area contributed by atoms with E-state index in [9.17, 15) is 8.78 Å². The molecule has 2 aromatic carbocycles. The summed E-state index contributed by atoms with van der Waals surface area (Å²) in [5, 5.41) is 0.462. The van der Waals surface area contributed by atoms with Gasteiger partial charge in [0.1, 0.15) is 17.0 Å². The maximum Gasteiger partial charge on any atom is 0.184 e. The maximum atomic E-state index is 13.7. The monoisotopic (exact) mass is 286 g/mol. The second kappa shape index (κ2) is 5.01. The van der Waals surface area contributed by atoms with Gasteiger partial charge in [0, 0.05) is 5.39 Å². The molecule has 1 aromatic heterocycles. The van der Waals surface area contributed by atoms with E-state index in [1.807, 2.05) is 0 Å². The second-order valence-corrected chi connectivity index (χ2v) is 4.64. The quantitative estimate of drug-likeness (QED) is 0.718. The van der Waals surface area contributed by atoms with E-state index in [1.54, 1.807) is 37.3 Å². The lowest BCUT2D eigenvalue weighted by Gasteiger charge is -2.11. The van der Waals surface area contributed by atoms with Crippen LogP contribution in [0.25, 0.3) is 10.9 Å². The fraction of sp³-hybridized carbons (Fsp3) is 0.0625. The second-order valence-electron chi connectivity index (χ2n) is 4.64. The number of pyridine rings is 1. The minimum Gasteiger partial charge on any atom is -0.453 e. The number of nitrogens with two attached hydrogens (primary N) is 1. The normalized spacial score (nSPS) is 10.8. The number of hydrogen-bond acceptors (Lipinski definition) is 3. The Morgan fingerprint density at radius 1 is 1.05 bits per heavy atom. The highest BCUT2D eigenvalue weighted by Crippen LogP contribution is 2.31. The third-order valence-corrected chi connectivity index (χ3v) is 3.16. The summed E-state index contributed by atoms with van der Waals surface area (Å²) < 4.78 is 32.6. The smallest absolute Gasteiger partial charge is 0.184 e. The standard InChI is InChI=1S/C16H12F2N2O/c1-9-14(21-13-5-3-2-4-12(13)19)8-10-6-7-11(17)15(18)16(10)20-9/h2-8H,19H2,1H3. The molecule has 3 aromatic rings. The number of aryl methyl sites for hydroxylation is 1. The largest absolute Gasteiger partial charge is 0.453 e. The molecule has 2 N–H and O–H groups in total. The van der Waals surface area contributed by atoms with Gasteiger partial charge in [0.05, 0.1) is 11.4 Å². The van der Waals surface area contributed by atoms with E-state index in [1.165, 1.54) is 6.07 Å². The molecule has 106 valence electrons. The number of rotatable bonds is 2. The van der Waals surface area contributed by atoms with Crippen LogP contribution in [0.15, 0.2) is 42.5 Å². The number of nitrogens with zero attached hydrogens (tertiary/aromatic N) is 1. The number of fused-ring (bicyclic) bond motifs is 1. The van der Waals surface area contributed by atoms with Crippen molar-refractivity contribution in [2.45, 2.75) is 6.92 Å². The Morgan fingerprint density at radius 3 is 2.57 bits per heavy atom. The molecule has 1 heterocycles. The van der Waals surface area contributed by atoms with Crippen molar-refractivity contribution in [1.29, 1.82) is 0 Å². The first-order valence-electron chi connectivity index (χ1n) is 6.34. The van der Waals surface area contributed by atoms with E-state index in [0.717, 1.165) is 6.07 Å². The van der Waals surface area contributed by atoms with Crippen LogP contribution in [0.3, 0.4) is 0 Å². The first-order chi connectivity index (χ1) is 10.1. The van der Waals surface area contributed by atoms with E-state index >= 15 is 0 Å². The fourth-order valence-corrected chi connectivity index (χ4v) is 2.05. The third kappa shape index (κ3) is 2.38. The van der Waals surface area contributed by atoms with E-state index in [0.29, 0.717) is 28.3 Å². The summed E-state index contributed by atoms with van der Waals surface area (Å²) in [7, 11) is 0. The van der Waals surface area contributed by atoms with E-state index in [-0.39, 0.29) is 5.52 Å². The molecule has 0 fully saturated rings. The molecule has 5 heteroatoms. The summed E-state index contributed by atoms with van der Waals surface area (Å²) in [5.41, 5.74) is 6.75. The van der Waals surface area contributed by atoms with Gasteiger partial charge >= 0.3 is 0 Å². The number of halogens is 2. The first kappa shape index (κ1) is 13.3. The maximum absolute atomic E-state index is 13.7. The molecule has 3 nitrogen and oxygen atoms in total. The van der Waals surface area contributed by atoms with E-state index < -0.39 is 11.6 Å². The van der Waals surface area contributed by atoms with Crippen molar-refractivity contribution in [3.05, 3.63) is 59.8 Å². The minimum absolute atomic E-state index is 0.0131. The van der Waals surface area contributed by atoms with Crippen LogP contribution in [0.4, 0.5) is 14.5 Å². The highest BCUT2D eigenvalue weighted by molar-refractivity contribution is 5.81. The Bertz CT molecular complexity index is 834. The predicted molar refractivity (Wildman–Crippen MR) is 77.3 cm³/mol. The van der Waals surface area contributed by atoms with Crippen molar-refractivity contribution in [2.24, 2.45) is 0 Å². The van der Waals surface area contributed by atoms with E-state index in [2.05, 4.69) is 4.98 Å². The zero-order valence-corrected chi connectivity index (χ0v) is 11.2.